The molecule has 0 bridgehead atoms. The van der Waals surface area contributed by atoms with Crippen molar-refractivity contribution in [3.8, 4) is 0 Å². The number of allylic oxidation sites excluding steroid dienone is 1. The van der Waals surface area contributed by atoms with E-state index in [-0.39, 0.29) is 5.78 Å². The van der Waals surface area contributed by atoms with Crippen molar-refractivity contribution in [3.63, 3.8) is 0 Å². The Morgan fingerprint density at radius 3 is 2.44 bits per heavy atom. The van der Waals surface area contributed by atoms with Gasteiger partial charge in [0.2, 0.25) is 0 Å². The first kappa shape index (κ1) is 12.8. The molecule has 0 radical (unpaired) electrons. The van der Waals surface area contributed by atoms with Gasteiger partial charge in [-0.3, -0.25) is 4.79 Å². The topological polar surface area (TPSA) is 121 Å². The Hall–Kier alpha value is -1.31. The molecule has 1 aliphatic carbocycles. The monoisotopic (exact) mass is 246 g/mol. The summed E-state index contributed by atoms with van der Waals surface area (Å²) < 4.78 is 39.0. The quantitative estimate of drug-likeness (QED) is 0.463. The fraction of sp³-hybridized carbons (Fsp3) is 0.111. The molecule has 1 aliphatic rings. The normalized spacial score (nSPS) is 13.9. The minimum Gasteiger partial charge on any atom is -0.284 e. The molecule has 6 nitrogen and oxygen atoms in total. The van der Waals surface area contributed by atoms with Gasteiger partial charge in [-0.2, -0.15) is 0 Å². The van der Waals surface area contributed by atoms with Gasteiger partial charge in [0.05, 0.1) is 5.56 Å². The summed E-state index contributed by atoms with van der Waals surface area (Å²) in [5.41, 5.74) is 0.878. The van der Waals surface area contributed by atoms with Crippen LogP contribution in [0.1, 0.15) is 22.5 Å². The van der Waals surface area contributed by atoms with Crippen LogP contribution in [0.2, 0.25) is 0 Å². The number of carbonyl (C=O) groups is 1. The van der Waals surface area contributed by atoms with Crippen molar-refractivity contribution in [2.45, 2.75) is 6.42 Å². The van der Waals surface area contributed by atoms with Gasteiger partial charge in [0.25, 0.3) is 5.78 Å². The number of rotatable bonds is 0. The van der Waals surface area contributed by atoms with E-state index in [4.69, 9.17) is 23.1 Å². The Balaban J connectivity index is 0.000000221. The third-order valence-electron chi connectivity index (χ3n) is 1.66. The van der Waals surface area contributed by atoms with Gasteiger partial charge >= 0.3 is 12.0 Å². The van der Waals surface area contributed by atoms with Crippen LogP contribution in [0.3, 0.4) is 0 Å². The summed E-state index contributed by atoms with van der Waals surface area (Å²) in [6.45, 7) is 0. The molecule has 0 saturated carbocycles. The van der Waals surface area contributed by atoms with Crippen LogP contribution in [0, 0.1) is 10.2 Å². The highest BCUT2D eigenvalue weighted by molar-refractivity contribution is 5.99. The predicted molar refractivity (Wildman–Crippen MR) is 41.1 cm³/mol. The van der Waals surface area contributed by atoms with E-state index in [0.717, 1.165) is 5.56 Å². The maximum atomic E-state index is 11.1. The number of hydrogen-bond acceptors (Lipinski definition) is 5. The van der Waals surface area contributed by atoms with E-state index in [1.807, 2.05) is 18.2 Å². The summed E-state index contributed by atoms with van der Waals surface area (Å²) in [4.78, 5) is 11.1. The standard InChI is InChI=1S/C9H7O2.ClHO4/c10-8-5-1-3-7-4-2-6-11-9(7)8;2-1(3,4)5/h1-4,6H,5H2;(H,2,3,4,5)/q+1;/p-1. The molecule has 0 saturated heterocycles. The summed E-state index contributed by atoms with van der Waals surface area (Å²) in [6, 6.07) is 3.65. The van der Waals surface area contributed by atoms with Gasteiger partial charge in [0.1, 0.15) is 0 Å². The molecule has 2 rings (SSSR count). The van der Waals surface area contributed by atoms with E-state index in [2.05, 4.69) is 0 Å². The maximum absolute atomic E-state index is 11.1. The van der Waals surface area contributed by atoms with Crippen molar-refractivity contribution in [3.05, 3.63) is 35.8 Å². The third-order valence-corrected chi connectivity index (χ3v) is 1.66. The number of Topliss-reactive ketones (excluding diaryl/α,β-unsaturated/α-hetero) is 1. The molecule has 1 aromatic rings. The van der Waals surface area contributed by atoms with Crippen LogP contribution in [0.25, 0.3) is 6.08 Å². The second-order valence-electron chi connectivity index (χ2n) is 2.81. The highest BCUT2D eigenvalue weighted by Crippen LogP contribution is 2.17. The van der Waals surface area contributed by atoms with Crippen LogP contribution in [-0.2, 0) is 0 Å². The molecule has 0 aliphatic heterocycles. The van der Waals surface area contributed by atoms with Gasteiger partial charge in [-0.25, -0.2) is 23.1 Å². The fourth-order valence-electron chi connectivity index (χ4n) is 1.14. The zero-order valence-electron chi connectivity index (χ0n) is 7.92. The minimum absolute atomic E-state index is 0.0584. The molecule has 0 unspecified atom stereocenters. The van der Waals surface area contributed by atoms with Gasteiger partial charge in [0.15, 0.2) is 0 Å². The van der Waals surface area contributed by atoms with Crippen molar-refractivity contribution in [2.75, 3.05) is 0 Å². The van der Waals surface area contributed by atoms with Crippen LogP contribution in [0.4, 0.5) is 0 Å². The number of hydrogen-bond donors (Lipinski definition) is 0. The predicted octanol–water partition coefficient (Wildman–Crippen LogP) is -2.60. The van der Waals surface area contributed by atoms with Crippen molar-refractivity contribution < 1.29 is 38.1 Å². The van der Waals surface area contributed by atoms with Crippen LogP contribution < -0.4 is 18.6 Å². The minimum atomic E-state index is -4.94. The Morgan fingerprint density at radius 1 is 1.25 bits per heavy atom. The van der Waals surface area contributed by atoms with E-state index < -0.39 is 10.2 Å². The Bertz CT molecular complexity index is 403. The van der Waals surface area contributed by atoms with E-state index >= 15 is 0 Å². The number of carbonyl (C=O) groups excluding carboxylic acids is 1. The maximum Gasteiger partial charge on any atom is 0.402 e. The molecular weight excluding hydrogens is 240 g/mol. The lowest BCUT2D eigenvalue weighted by molar-refractivity contribution is -2.00. The van der Waals surface area contributed by atoms with Gasteiger partial charge in [-0.15, -0.1) is 10.2 Å². The van der Waals surface area contributed by atoms with Gasteiger partial charge in [-0.1, -0.05) is 6.08 Å². The molecule has 0 amide bonds. The molecular formula is C9H7ClO6. The van der Waals surface area contributed by atoms with Gasteiger partial charge < -0.3 is 0 Å². The molecule has 0 atom stereocenters. The summed E-state index contributed by atoms with van der Waals surface area (Å²) >= 11 is 0. The van der Waals surface area contributed by atoms with E-state index in [9.17, 15) is 4.79 Å². The molecule has 0 spiro atoms. The Labute approximate surface area is 92.8 Å². The van der Waals surface area contributed by atoms with Crippen molar-refractivity contribution in [1.29, 1.82) is 0 Å². The number of halogens is 1. The second-order valence-corrected chi connectivity index (χ2v) is 3.56. The molecule has 86 valence electrons. The van der Waals surface area contributed by atoms with Crippen molar-refractivity contribution >= 4 is 11.9 Å². The third kappa shape index (κ3) is 4.47. The lowest BCUT2D eigenvalue weighted by Crippen LogP contribution is -2.68. The summed E-state index contributed by atoms with van der Waals surface area (Å²) in [5.74, 6) is 0.540. The molecule has 16 heavy (non-hydrogen) atoms. The van der Waals surface area contributed by atoms with Crippen LogP contribution >= 0.6 is 0 Å². The highest BCUT2D eigenvalue weighted by atomic mass is 35.7. The van der Waals surface area contributed by atoms with E-state index in [0.29, 0.717) is 12.2 Å². The zero-order chi connectivity index (χ0) is 12.2. The molecule has 1 aromatic heterocycles. The SMILES string of the molecule is O=C1CC=Cc2ccc[o+]c21.[O-][Cl+3]([O-])([O-])[O-]. The Kier molecular flexibility index (Phi) is 4.11. The lowest BCUT2D eigenvalue weighted by atomic mass is 10.0. The molecule has 1 heterocycles. The fourth-order valence-corrected chi connectivity index (χ4v) is 1.14. The Morgan fingerprint density at radius 2 is 1.88 bits per heavy atom. The molecule has 0 fully saturated rings. The highest BCUT2D eigenvalue weighted by Gasteiger charge is 2.24. The van der Waals surface area contributed by atoms with Crippen LogP contribution in [0.15, 0.2) is 28.9 Å². The first-order valence-electron chi connectivity index (χ1n) is 4.10. The summed E-state index contributed by atoms with van der Waals surface area (Å²) in [6.07, 6.45) is 5.73. The zero-order valence-corrected chi connectivity index (χ0v) is 8.68. The van der Waals surface area contributed by atoms with Gasteiger partial charge in [0, 0.05) is 12.5 Å². The number of ketones is 1. The van der Waals surface area contributed by atoms with Crippen LogP contribution in [-0.4, -0.2) is 5.78 Å². The average Bonchev–Trinajstić information content (AvgIpc) is 2.16. The lowest BCUT2D eigenvalue weighted by Gasteiger charge is -2.17. The second kappa shape index (κ2) is 5.15. The molecule has 0 aromatic carbocycles. The smallest absolute Gasteiger partial charge is 0.284 e. The molecule has 0 N–H and O–H groups in total. The average molecular weight is 247 g/mol. The molecule has 7 heteroatoms. The van der Waals surface area contributed by atoms with Crippen molar-refractivity contribution in [2.24, 2.45) is 0 Å². The first-order chi connectivity index (χ1) is 7.38. The largest absolute Gasteiger partial charge is 0.402 e. The van der Waals surface area contributed by atoms with Gasteiger partial charge in [-0.05, 0) is 12.1 Å². The van der Waals surface area contributed by atoms with Crippen LogP contribution in [0.5, 0.6) is 0 Å². The van der Waals surface area contributed by atoms with E-state index in [1.54, 1.807) is 6.07 Å². The first-order valence-corrected chi connectivity index (χ1v) is 5.33. The summed E-state index contributed by atoms with van der Waals surface area (Å²) in [7, 11) is -4.94. The number of fused-ring (bicyclic) bond motifs is 1. The van der Waals surface area contributed by atoms with Crippen molar-refractivity contribution in [1.82, 2.24) is 0 Å². The summed E-state index contributed by atoms with van der Waals surface area (Å²) in [5, 5.41) is 0. The van der Waals surface area contributed by atoms with E-state index in [1.165, 1.54) is 6.26 Å².